The zero-order chi connectivity index (χ0) is 14.3. The number of hydrogen-bond donors (Lipinski definition) is 6. The Balaban J connectivity index is 4.11. The number of thiol groups is 1. The molecule has 9 heteroatoms. The summed E-state index contributed by atoms with van der Waals surface area (Å²) in [4.78, 5) is 33.2. The average molecular weight is 279 g/mol. The third-order valence-corrected chi connectivity index (χ3v) is 2.43. The molecule has 0 aromatic carbocycles. The van der Waals surface area contributed by atoms with E-state index in [1.807, 2.05) is 0 Å². The Morgan fingerprint density at radius 1 is 1.39 bits per heavy atom. The fourth-order valence-electron chi connectivity index (χ4n) is 0.935. The van der Waals surface area contributed by atoms with Gasteiger partial charge in [-0.15, -0.1) is 0 Å². The van der Waals surface area contributed by atoms with E-state index < -0.39 is 42.5 Å². The smallest absolute Gasteiger partial charge is 0.327 e. The standard InChI is InChI=1S/C9H17N3O5S/c1-4(13)7(10)8(15)11-2-6(14)12-5(3-18)9(16)17/h4-5,7,13,18H,2-3,10H2,1H3,(H,11,15)(H,12,14)(H,16,17)/t4-,5+,7+/m1/s1. The van der Waals surface area contributed by atoms with Crippen LogP contribution in [0.4, 0.5) is 0 Å². The highest BCUT2D eigenvalue weighted by Gasteiger charge is 2.21. The maximum absolute atomic E-state index is 11.3. The van der Waals surface area contributed by atoms with Gasteiger partial charge in [-0.25, -0.2) is 4.79 Å². The van der Waals surface area contributed by atoms with Crippen LogP contribution in [0.1, 0.15) is 6.92 Å². The Bertz CT molecular complexity index is 323. The molecule has 0 rings (SSSR count). The molecule has 0 aromatic heterocycles. The van der Waals surface area contributed by atoms with Gasteiger partial charge >= 0.3 is 5.97 Å². The van der Waals surface area contributed by atoms with Gasteiger partial charge in [-0.1, -0.05) is 0 Å². The normalized spacial score (nSPS) is 15.3. The Morgan fingerprint density at radius 3 is 2.33 bits per heavy atom. The van der Waals surface area contributed by atoms with Crippen molar-refractivity contribution in [1.82, 2.24) is 10.6 Å². The van der Waals surface area contributed by atoms with Crippen LogP contribution in [-0.4, -0.2) is 58.5 Å². The van der Waals surface area contributed by atoms with Crippen molar-refractivity contribution < 1.29 is 24.6 Å². The lowest BCUT2D eigenvalue weighted by atomic mass is 10.2. The minimum absolute atomic E-state index is 0.0673. The van der Waals surface area contributed by atoms with E-state index in [-0.39, 0.29) is 5.75 Å². The lowest BCUT2D eigenvalue weighted by Crippen LogP contribution is -2.51. The summed E-state index contributed by atoms with van der Waals surface area (Å²) >= 11 is 3.76. The SMILES string of the molecule is C[C@@H](O)[C@H](N)C(=O)NCC(=O)N[C@@H](CS)C(=O)O. The van der Waals surface area contributed by atoms with Gasteiger partial charge in [0, 0.05) is 5.75 Å². The van der Waals surface area contributed by atoms with Gasteiger partial charge in [0.15, 0.2) is 0 Å². The van der Waals surface area contributed by atoms with Crippen LogP contribution in [0.2, 0.25) is 0 Å². The topological polar surface area (TPSA) is 142 Å². The van der Waals surface area contributed by atoms with Gasteiger partial charge in [0.1, 0.15) is 12.1 Å². The third-order valence-electron chi connectivity index (χ3n) is 2.06. The molecule has 0 radical (unpaired) electrons. The molecular formula is C9H17N3O5S. The second kappa shape index (κ2) is 7.90. The van der Waals surface area contributed by atoms with Crippen LogP contribution in [0.3, 0.4) is 0 Å². The van der Waals surface area contributed by atoms with Gasteiger partial charge in [0.2, 0.25) is 11.8 Å². The Labute approximate surface area is 109 Å². The Morgan fingerprint density at radius 2 is 1.94 bits per heavy atom. The Hall–Kier alpha value is -1.32. The summed E-state index contributed by atoms with van der Waals surface area (Å²) in [6, 6.07) is -2.26. The van der Waals surface area contributed by atoms with E-state index in [1.54, 1.807) is 0 Å². The van der Waals surface area contributed by atoms with Crippen LogP contribution in [0.5, 0.6) is 0 Å². The quantitative estimate of drug-likeness (QED) is 0.280. The zero-order valence-corrected chi connectivity index (χ0v) is 10.7. The molecule has 2 amide bonds. The van der Waals surface area contributed by atoms with Crippen LogP contribution >= 0.6 is 12.6 Å². The number of aliphatic carboxylic acids is 1. The monoisotopic (exact) mass is 279 g/mol. The second-order valence-electron chi connectivity index (χ2n) is 3.63. The first-order valence-electron chi connectivity index (χ1n) is 5.14. The number of hydrogen-bond acceptors (Lipinski definition) is 6. The molecule has 8 nitrogen and oxygen atoms in total. The van der Waals surface area contributed by atoms with E-state index in [4.69, 9.17) is 15.9 Å². The maximum Gasteiger partial charge on any atom is 0.327 e. The molecule has 6 N–H and O–H groups in total. The summed E-state index contributed by atoms with van der Waals surface area (Å²) < 4.78 is 0. The lowest BCUT2D eigenvalue weighted by Gasteiger charge is -2.15. The molecule has 104 valence electrons. The highest BCUT2D eigenvalue weighted by molar-refractivity contribution is 7.80. The maximum atomic E-state index is 11.3. The van der Waals surface area contributed by atoms with Gasteiger partial charge < -0.3 is 26.6 Å². The first kappa shape index (κ1) is 16.7. The van der Waals surface area contributed by atoms with E-state index in [0.717, 1.165) is 0 Å². The van der Waals surface area contributed by atoms with Crippen molar-refractivity contribution in [3.05, 3.63) is 0 Å². The fraction of sp³-hybridized carbons (Fsp3) is 0.667. The van der Waals surface area contributed by atoms with Crippen LogP contribution in [0.25, 0.3) is 0 Å². The minimum Gasteiger partial charge on any atom is -0.480 e. The number of rotatable bonds is 7. The van der Waals surface area contributed by atoms with Gasteiger partial charge in [0.25, 0.3) is 0 Å². The van der Waals surface area contributed by atoms with E-state index in [2.05, 4.69) is 23.3 Å². The van der Waals surface area contributed by atoms with Crippen molar-refractivity contribution in [2.24, 2.45) is 5.73 Å². The summed E-state index contributed by atoms with van der Waals surface area (Å²) in [5.74, 6) is -2.66. The van der Waals surface area contributed by atoms with Crippen molar-refractivity contribution in [2.45, 2.75) is 25.1 Å². The van der Waals surface area contributed by atoms with E-state index >= 15 is 0 Å². The lowest BCUT2D eigenvalue weighted by molar-refractivity contribution is -0.141. The molecule has 0 saturated heterocycles. The van der Waals surface area contributed by atoms with E-state index in [0.29, 0.717) is 0 Å². The molecule has 0 unspecified atom stereocenters. The molecule has 0 heterocycles. The summed E-state index contributed by atoms with van der Waals surface area (Å²) in [6.07, 6.45) is -1.04. The molecule has 0 spiro atoms. The zero-order valence-electron chi connectivity index (χ0n) is 9.79. The van der Waals surface area contributed by atoms with Crippen molar-refractivity contribution in [3.8, 4) is 0 Å². The number of aliphatic hydroxyl groups excluding tert-OH is 1. The molecule has 18 heavy (non-hydrogen) atoms. The molecule has 0 aliphatic carbocycles. The van der Waals surface area contributed by atoms with Crippen LogP contribution in [-0.2, 0) is 14.4 Å². The Kier molecular flexibility index (Phi) is 7.32. The molecule has 3 atom stereocenters. The van der Waals surface area contributed by atoms with Gasteiger partial charge in [0.05, 0.1) is 12.6 Å². The number of nitrogens with two attached hydrogens (primary N) is 1. The molecule has 0 aliphatic heterocycles. The number of carboxylic acid groups (broad SMARTS) is 1. The van der Waals surface area contributed by atoms with Crippen molar-refractivity contribution >= 4 is 30.4 Å². The minimum atomic E-state index is -1.22. The third kappa shape index (κ3) is 5.84. The van der Waals surface area contributed by atoms with Crippen LogP contribution in [0.15, 0.2) is 0 Å². The van der Waals surface area contributed by atoms with Crippen molar-refractivity contribution in [3.63, 3.8) is 0 Å². The number of amides is 2. The molecular weight excluding hydrogens is 262 g/mol. The summed E-state index contributed by atoms with van der Waals surface area (Å²) in [5, 5.41) is 22.0. The van der Waals surface area contributed by atoms with Crippen molar-refractivity contribution in [2.75, 3.05) is 12.3 Å². The van der Waals surface area contributed by atoms with E-state index in [9.17, 15) is 14.4 Å². The predicted molar refractivity (Wildman–Crippen MR) is 66.1 cm³/mol. The van der Waals surface area contributed by atoms with Crippen LogP contribution in [0, 0.1) is 0 Å². The van der Waals surface area contributed by atoms with E-state index in [1.165, 1.54) is 6.92 Å². The van der Waals surface area contributed by atoms with Crippen LogP contribution < -0.4 is 16.4 Å². The molecule has 0 bridgehead atoms. The van der Waals surface area contributed by atoms with Gasteiger partial charge in [-0.2, -0.15) is 12.6 Å². The first-order chi connectivity index (χ1) is 8.29. The molecule has 0 aromatic rings. The first-order valence-corrected chi connectivity index (χ1v) is 5.77. The van der Waals surface area contributed by atoms with Gasteiger partial charge in [-0.05, 0) is 6.92 Å². The molecule has 0 aliphatic rings. The number of aliphatic hydroxyl groups is 1. The number of carbonyl (C=O) groups excluding carboxylic acids is 2. The highest BCUT2D eigenvalue weighted by Crippen LogP contribution is 1.89. The molecule has 0 fully saturated rings. The number of carbonyl (C=O) groups is 3. The largest absolute Gasteiger partial charge is 0.480 e. The second-order valence-corrected chi connectivity index (χ2v) is 3.99. The van der Waals surface area contributed by atoms with Gasteiger partial charge in [-0.3, -0.25) is 9.59 Å². The average Bonchev–Trinajstić information content (AvgIpc) is 2.31. The fourth-order valence-corrected chi connectivity index (χ4v) is 1.18. The highest BCUT2D eigenvalue weighted by atomic mass is 32.1. The molecule has 0 saturated carbocycles. The number of carboxylic acids is 1. The summed E-state index contributed by atoms with van der Waals surface area (Å²) in [5.41, 5.74) is 5.32. The number of nitrogens with one attached hydrogen (secondary N) is 2. The summed E-state index contributed by atoms with van der Waals surface area (Å²) in [6.45, 7) is 0.919. The predicted octanol–water partition coefficient (Wildman–Crippen LogP) is -2.69. The summed E-state index contributed by atoms with van der Waals surface area (Å²) in [7, 11) is 0. The van der Waals surface area contributed by atoms with Crippen molar-refractivity contribution in [1.29, 1.82) is 0 Å².